The minimum atomic E-state index is -0.750. The summed E-state index contributed by atoms with van der Waals surface area (Å²) in [6.45, 7) is 0. The molecule has 0 spiro atoms. The van der Waals surface area contributed by atoms with E-state index >= 15 is 0 Å². The minimum absolute atomic E-state index is 0.750. The van der Waals surface area contributed by atoms with E-state index in [2.05, 4.69) is 72.8 Å². The number of rotatable bonds is 1. The molecular weight excluding hydrogens is 235 g/mol. The Labute approximate surface area is 113 Å². The SMILES string of the molecule is OBO.c1ccc(-c2cccc3ccccc23)cc1. The first kappa shape index (κ1) is 13.3. The predicted molar refractivity (Wildman–Crippen MR) is 81.0 cm³/mol. The standard InChI is InChI=1S/C16H12.BH3O2/c1-2-7-13(8-3-1)16-12-6-10-14-9-4-5-11-15(14)16;2-1-3/h1-12H;1-3H. The van der Waals surface area contributed by atoms with Gasteiger partial charge in [0.1, 0.15) is 0 Å². The van der Waals surface area contributed by atoms with Crippen molar-refractivity contribution in [3.8, 4) is 11.1 Å². The number of hydrogen-bond acceptors (Lipinski definition) is 2. The van der Waals surface area contributed by atoms with Gasteiger partial charge in [0.15, 0.2) is 0 Å². The van der Waals surface area contributed by atoms with Gasteiger partial charge >= 0.3 is 7.69 Å². The summed E-state index contributed by atoms with van der Waals surface area (Å²) < 4.78 is 0. The molecule has 0 radical (unpaired) electrons. The fraction of sp³-hybridized carbons (Fsp3) is 0. The fourth-order valence-corrected chi connectivity index (χ4v) is 2.09. The third-order valence-corrected chi connectivity index (χ3v) is 2.87. The van der Waals surface area contributed by atoms with Gasteiger partial charge in [-0.15, -0.1) is 0 Å². The topological polar surface area (TPSA) is 40.5 Å². The smallest absolute Gasteiger partial charge is 0.430 e. The average Bonchev–Trinajstić information content (AvgIpc) is 2.48. The summed E-state index contributed by atoms with van der Waals surface area (Å²) in [5, 5.41) is 16.9. The van der Waals surface area contributed by atoms with Gasteiger partial charge in [-0.05, 0) is 21.9 Å². The Kier molecular flexibility index (Phi) is 4.73. The van der Waals surface area contributed by atoms with Gasteiger partial charge < -0.3 is 10.0 Å². The number of hydrogen-bond donors (Lipinski definition) is 2. The van der Waals surface area contributed by atoms with Gasteiger partial charge in [-0.1, -0.05) is 72.8 Å². The van der Waals surface area contributed by atoms with Crippen LogP contribution < -0.4 is 0 Å². The molecule has 0 unspecified atom stereocenters. The Morgan fingerprint density at radius 1 is 0.632 bits per heavy atom. The molecule has 0 aliphatic heterocycles. The van der Waals surface area contributed by atoms with E-state index in [1.54, 1.807) is 0 Å². The van der Waals surface area contributed by atoms with Gasteiger partial charge in [-0.2, -0.15) is 0 Å². The van der Waals surface area contributed by atoms with Crippen LogP contribution in [0.2, 0.25) is 0 Å². The van der Waals surface area contributed by atoms with Gasteiger partial charge in [0.05, 0.1) is 0 Å². The Morgan fingerprint density at radius 3 is 1.95 bits per heavy atom. The van der Waals surface area contributed by atoms with Crippen molar-refractivity contribution in [1.29, 1.82) is 0 Å². The zero-order valence-corrected chi connectivity index (χ0v) is 10.5. The van der Waals surface area contributed by atoms with E-state index in [-0.39, 0.29) is 0 Å². The molecule has 3 aromatic carbocycles. The molecule has 94 valence electrons. The molecule has 0 aliphatic carbocycles. The van der Waals surface area contributed by atoms with Crippen molar-refractivity contribution < 1.29 is 10.0 Å². The summed E-state index contributed by atoms with van der Waals surface area (Å²) in [4.78, 5) is 0. The Bertz CT molecular complexity index is 633. The monoisotopic (exact) mass is 250 g/mol. The second kappa shape index (κ2) is 6.73. The highest BCUT2D eigenvalue weighted by molar-refractivity contribution is 6.13. The van der Waals surface area contributed by atoms with Crippen LogP contribution >= 0.6 is 0 Å². The van der Waals surface area contributed by atoms with E-state index in [9.17, 15) is 0 Å². The number of fused-ring (bicyclic) bond motifs is 1. The zero-order chi connectivity index (χ0) is 13.5. The maximum Gasteiger partial charge on any atom is 0.432 e. The molecule has 0 saturated heterocycles. The van der Waals surface area contributed by atoms with Crippen LogP contribution in [0.15, 0.2) is 72.8 Å². The van der Waals surface area contributed by atoms with Crippen molar-refractivity contribution in [2.45, 2.75) is 0 Å². The molecule has 3 aromatic rings. The summed E-state index contributed by atoms with van der Waals surface area (Å²) in [6.07, 6.45) is 0. The van der Waals surface area contributed by atoms with E-state index in [0.29, 0.717) is 0 Å². The van der Waals surface area contributed by atoms with Crippen LogP contribution in [0.25, 0.3) is 21.9 Å². The second-order valence-corrected chi connectivity index (χ2v) is 4.03. The molecule has 0 aliphatic rings. The van der Waals surface area contributed by atoms with Crippen LogP contribution in [-0.2, 0) is 0 Å². The van der Waals surface area contributed by atoms with Gasteiger partial charge in [0.25, 0.3) is 0 Å². The van der Waals surface area contributed by atoms with Gasteiger partial charge in [-0.3, -0.25) is 0 Å². The number of benzene rings is 3. The first-order valence-electron chi connectivity index (χ1n) is 6.11. The zero-order valence-electron chi connectivity index (χ0n) is 10.5. The first-order chi connectivity index (χ1) is 9.36. The van der Waals surface area contributed by atoms with E-state index in [4.69, 9.17) is 10.0 Å². The van der Waals surface area contributed by atoms with Crippen molar-refractivity contribution in [1.82, 2.24) is 0 Å². The van der Waals surface area contributed by atoms with Crippen LogP contribution in [0.1, 0.15) is 0 Å². The highest BCUT2D eigenvalue weighted by Crippen LogP contribution is 2.27. The van der Waals surface area contributed by atoms with Crippen LogP contribution in [0.5, 0.6) is 0 Å². The molecule has 3 heteroatoms. The third-order valence-electron chi connectivity index (χ3n) is 2.87. The summed E-state index contributed by atoms with van der Waals surface area (Å²) >= 11 is 0. The highest BCUT2D eigenvalue weighted by Gasteiger charge is 2.01. The first-order valence-corrected chi connectivity index (χ1v) is 6.11. The summed E-state index contributed by atoms with van der Waals surface area (Å²) in [5.41, 5.74) is 2.58. The lowest BCUT2D eigenvalue weighted by atomic mass is 9.98. The van der Waals surface area contributed by atoms with Crippen LogP contribution in [0.4, 0.5) is 0 Å². The van der Waals surface area contributed by atoms with Crippen molar-refractivity contribution in [2.75, 3.05) is 0 Å². The molecule has 0 bridgehead atoms. The lowest BCUT2D eigenvalue weighted by Crippen LogP contribution is -1.79. The largest absolute Gasteiger partial charge is 0.432 e. The summed E-state index contributed by atoms with van der Waals surface area (Å²) in [5.74, 6) is 0. The maximum atomic E-state index is 7.12. The maximum absolute atomic E-state index is 7.12. The average molecular weight is 250 g/mol. The normalized spacial score (nSPS) is 9.58. The lowest BCUT2D eigenvalue weighted by molar-refractivity contribution is 0.448. The minimum Gasteiger partial charge on any atom is -0.430 e. The highest BCUT2D eigenvalue weighted by atomic mass is 16.4. The predicted octanol–water partition coefficient (Wildman–Crippen LogP) is 2.74. The second-order valence-electron chi connectivity index (χ2n) is 4.03. The molecular formula is C16H15BO2. The Morgan fingerprint density at radius 2 is 1.21 bits per heavy atom. The third kappa shape index (κ3) is 3.22. The Balaban J connectivity index is 0.000000408. The van der Waals surface area contributed by atoms with Crippen molar-refractivity contribution in [3.63, 3.8) is 0 Å². The van der Waals surface area contributed by atoms with Crippen molar-refractivity contribution in [2.24, 2.45) is 0 Å². The van der Waals surface area contributed by atoms with Crippen molar-refractivity contribution >= 4 is 18.5 Å². The van der Waals surface area contributed by atoms with Crippen molar-refractivity contribution in [3.05, 3.63) is 72.8 Å². The molecule has 2 N–H and O–H groups in total. The van der Waals surface area contributed by atoms with Crippen LogP contribution in [-0.4, -0.2) is 17.7 Å². The lowest BCUT2D eigenvalue weighted by Gasteiger charge is -2.06. The molecule has 2 nitrogen and oxygen atoms in total. The molecule has 19 heavy (non-hydrogen) atoms. The fourth-order valence-electron chi connectivity index (χ4n) is 2.09. The van der Waals surface area contributed by atoms with Gasteiger partial charge in [0.2, 0.25) is 0 Å². The molecule has 0 amide bonds. The van der Waals surface area contributed by atoms with E-state index in [0.717, 1.165) is 0 Å². The van der Waals surface area contributed by atoms with Gasteiger partial charge in [-0.25, -0.2) is 0 Å². The Hall–Kier alpha value is -2.10. The molecule has 0 atom stereocenters. The molecule has 0 fully saturated rings. The molecule has 3 rings (SSSR count). The van der Waals surface area contributed by atoms with E-state index < -0.39 is 7.69 Å². The molecule has 0 heterocycles. The molecule has 0 saturated carbocycles. The summed E-state index contributed by atoms with van der Waals surface area (Å²) in [7, 11) is -0.750. The van der Waals surface area contributed by atoms with E-state index in [1.165, 1.54) is 21.9 Å². The van der Waals surface area contributed by atoms with Crippen LogP contribution in [0, 0.1) is 0 Å². The summed E-state index contributed by atoms with van der Waals surface area (Å²) in [6, 6.07) is 25.5. The molecule has 0 aromatic heterocycles. The van der Waals surface area contributed by atoms with E-state index in [1.807, 2.05) is 0 Å². The van der Waals surface area contributed by atoms with Gasteiger partial charge in [0, 0.05) is 0 Å². The van der Waals surface area contributed by atoms with Crippen LogP contribution in [0.3, 0.4) is 0 Å². The quantitative estimate of drug-likeness (QED) is 0.652.